The number of likely N-dealkylation sites (N-methyl/N-ethyl adjacent to an activating group) is 1. The fourth-order valence-corrected chi connectivity index (χ4v) is 3.36. The Bertz CT molecular complexity index is 1090. The maximum absolute atomic E-state index is 10.6. The molecule has 0 saturated carbocycles. The topological polar surface area (TPSA) is 109 Å². The number of rotatable bonds is 2. The second kappa shape index (κ2) is 8.15. The van der Waals surface area contributed by atoms with Crippen LogP contribution >= 0.6 is 11.6 Å². The highest BCUT2D eigenvalue weighted by molar-refractivity contribution is 6.31. The summed E-state index contributed by atoms with van der Waals surface area (Å²) >= 11 is 6.10. The molecule has 3 aromatic rings. The van der Waals surface area contributed by atoms with Crippen LogP contribution in [-0.4, -0.2) is 65.3 Å². The summed E-state index contributed by atoms with van der Waals surface area (Å²) in [5, 5.41) is 8.64. The molecule has 12 heteroatoms. The zero-order valence-electron chi connectivity index (χ0n) is 16.1. The SMILES string of the molecule is CN(C)C1CCN(c2nc(N)nc3c2oc2ccc(Cl)cc23)C1.O=C(O)C(F)(F)F. The lowest BCUT2D eigenvalue weighted by atomic mass is 10.2. The Morgan fingerprint density at radius 1 is 1.37 bits per heavy atom. The molecule has 3 N–H and O–H groups in total. The zero-order chi connectivity index (χ0) is 22.2. The zero-order valence-corrected chi connectivity index (χ0v) is 16.8. The number of aromatic nitrogens is 2. The van der Waals surface area contributed by atoms with Crippen molar-refractivity contribution in [3.63, 3.8) is 0 Å². The summed E-state index contributed by atoms with van der Waals surface area (Å²) in [6.07, 6.45) is -4.00. The van der Waals surface area contributed by atoms with Crippen LogP contribution in [0, 0.1) is 0 Å². The fraction of sp³-hybridized carbons (Fsp3) is 0.389. The van der Waals surface area contributed by atoms with Crippen molar-refractivity contribution in [2.75, 3.05) is 37.8 Å². The standard InChI is InChI=1S/C16H18ClN5O.C2HF3O2/c1-21(2)10-5-6-22(8-10)15-14-13(19-16(18)20-15)11-7-9(17)3-4-12(11)23-14;3-2(4,5)1(6)7/h3-4,7,10H,5-6,8H2,1-2H3,(H2,18,19,20);(H,6,7). The minimum Gasteiger partial charge on any atom is -0.475 e. The van der Waals surface area contributed by atoms with Crippen LogP contribution in [-0.2, 0) is 4.79 Å². The number of fused-ring (bicyclic) bond motifs is 3. The first kappa shape index (κ1) is 21.9. The predicted molar refractivity (Wildman–Crippen MR) is 107 cm³/mol. The molecule has 1 fully saturated rings. The third-order valence-corrected chi connectivity index (χ3v) is 4.94. The van der Waals surface area contributed by atoms with Gasteiger partial charge in [0, 0.05) is 29.5 Å². The molecule has 3 heterocycles. The summed E-state index contributed by atoms with van der Waals surface area (Å²) in [5.41, 5.74) is 8.08. The molecular weight excluding hydrogens is 427 g/mol. The molecule has 0 spiro atoms. The van der Waals surface area contributed by atoms with E-state index in [1.54, 1.807) is 6.07 Å². The van der Waals surface area contributed by atoms with E-state index in [1.807, 2.05) is 12.1 Å². The van der Waals surface area contributed by atoms with Gasteiger partial charge in [-0.25, -0.2) is 9.78 Å². The molecule has 1 saturated heterocycles. The van der Waals surface area contributed by atoms with Gasteiger partial charge in [-0.2, -0.15) is 18.2 Å². The number of benzene rings is 1. The van der Waals surface area contributed by atoms with E-state index in [2.05, 4.69) is 33.9 Å². The second-order valence-corrected chi connectivity index (χ2v) is 7.42. The number of hydrogen-bond donors (Lipinski definition) is 2. The number of anilines is 2. The molecule has 1 aliphatic rings. The Morgan fingerprint density at radius 3 is 2.60 bits per heavy atom. The number of nitrogens with zero attached hydrogens (tertiary/aromatic N) is 4. The molecular formula is C18H19ClF3N5O3. The van der Waals surface area contributed by atoms with Crippen molar-refractivity contribution in [1.82, 2.24) is 14.9 Å². The quantitative estimate of drug-likeness (QED) is 0.618. The van der Waals surface area contributed by atoms with Crippen LogP contribution in [0.5, 0.6) is 0 Å². The Labute approximate surface area is 174 Å². The van der Waals surface area contributed by atoms with Gasteiger partial charge in [0.2, 0.25) is 5.95 Å². The number of carboxylic acid groups (broad SMARTS) is 1. The Hall–Kier alpha value is -2.79. The third kappa shape index (κ3) is 4.51. The van der Waals surface area contributed by atoms with Gasteiger partial charge in [0.15, 0.2) is 11.4 Å². The minimum atomic E-state index is -5.08. The van der Waals surface area contributed by atoms with Gasteiger partial charge in [-0.05, 0) is 38.7 Å². The summed E-state index contributed by atoms with van der Waals surface area (Å²) in [5.74, 6) is -1.74. The van der Waals surface area contributed by atoms with Gasteiger partial charge in [0.25, 0.3) is 0 Å². The molecule has 1 unspecified atom stereocenters. The van der Waals surface area contributed by atoms with Gasteiger partial charge in [-0.1, -0.05) is 11.6 Å². The number of carboxylic acids is 1. The number of alkyl halides is 3. The number of nitrogen functional groups attached to an aromatic ring is 1. The highest BCUT2D eigenvalue weighted by atomic mass is 35.5. The van der Waals surface area contributed by atoms with E-state index in [4.69, 9.17) is 31.7 Å². The van der Waals surface area contributed by atoms with E-state index >= 15 is 0 Å². The smallest absolute Gasteiger partial charge is 0.475 e. The van der Waals surface area contributed by atoms with Crippen molar-refractivity contribution in [2.24, 2.45) is 0 Å². The van der Waals surface area contributed by atoms with Crippen LogP contribution < -0.4 is 10.6 Å². The monoisotopic (exact) mass is 445 g/mol. The largest absolute Gasteiger partial charge is 0.490 e. The summed E-state index contributed by atoms with van der Waals surface area (Å²) in [6.45, 7) is 1.82. The molecule has 1 aliphatic heterocycles. The Kier molecular flexibility index (Phi) is 5.95. The van der Waals surface area contributed by atoms with Crippen molar-refractivity contribution in [1.29, 1.82) is 0 Å². The molecule has 0 amide bonds. The lowest BCUT2D eigenvalue weighted by molar-refractivity contribution is -0.192. The lowest BCUT2D eigenvalue weighted by Crippen LogP contribution is -2.31. The van der Waals surface area contributed by atoms with Crippen molar-refractivity contribution < 1.29 is 27.5 Å². The summed E-state index contributed by atoms with van der Waals surface area (Å²) in [4.78, 5) is 22.2. The Balaban J connectivity index is 0.000000318. The van der Waals surface area contributed by atoms with E-state index in [-0.39, 0.29) is 5.95 Å². The molecule has 0 radical (unpaired) electrons. The van der Waals surface area contributed by atoms with E-state index in [0.717, 1.165) is 41.8 Å². The highest BCUT2D eigenvalue weighted by Crippen LogP contribution is 2.36. The molecule has 1 atom stereocenters. The van der Waals surface area contributed by atoms with Crippen molar-refractivity contribution in [3.8, 4) is 0 Å². The summed E-state index contributed by atoms with van der Waals surface area (Å²) in [7, 11) is 4.20. The van der Waals surface area contributed by atoms with Crippen molar-refractivity contribution in [2.45, 2.75) is 18.6 Å². The molecule has 0 aliphatic carbocycles. The van der Waals surface area contributed by atoms with E-state index < -0.39 is 12.1 Å². The predicted octanol–water partition coefficient (Wildman–Crippen LogP) is 3.39. The van der Waals surface area contributed by atoms with Gasteiger partial charge < -0.3 is 25.1 Å². The van der Waals surface area contributed by atoms with Crippen LogP contribution in [0.2, 0.25) is 5.02 Å². The van der Waals surface area contributed by atoms with Gasteiger partial charge in [0.1, 0.15) is 11.1 Å². The first-order valence-electron chi connectivity index (χ1n) is 8.84. The number of halogens is 4. The number of furan rings is 1. The molecule has 4 rings (SSSR count). The maximum Gasteiger partial charge on any atom is 0.490 e. The number of hydrogen-bond acceptors (Lipinski definition) is 7. The molecule has 1 aromatic carbocycles. The second-order valence-electron chi connectivity index (χ2n) is 6.98. The van der Waals surface area contributed by atoms with Crippen LogP contribution in [0.15, 0.2) is 22.6 Å². The first-order chi connectivity index (χ1) is 14.0. The van der Waals surface area contributed by atoms with Crippen molar-refractivity contribution in [3.05, 3.63) is 23.2 Å². The molecule has 162 valence electrons. The van der Waals surface area contributed by atoms with Crippen LogP contribution in [0.4, 0.5) is 24.9 Å². The van der Waals surface area contributed by atoms with Crippen LogP contribution in [0.1, 0.15) is 6.42 Å². The van der Waals surface area contributed by atoms with Crippen LogP contribution in [0.3, 0.4) is 0 Å². The molecule has 0 bridgehead atoms. The van der Waals surface area contributed by atoms with Gasteiger partial charge >= 0.3 is 12.1 Å². The number of carbonyl (C=O) groups is 1. The fourth-order valence-electron chi connectivity index (χ4n) is 3.19. The summed E-state index contributed by atoms with van der Waals surface area (Å²) < 4.78 is 37.7. The molecule has 2 aromatic heterocycles. The number of aliphatic carboxylic acids is 1. The Morgan fingerprint density at radius 2 is 2.03 bits per heavy atom. The lowest BCUT2D eigenvalue weighted by Gasteiger charge is -2.21. The molecule has 8 nitrogen and oxygen atoms in total. The summed E-state index contributed by atoms with van der Waals surface area (Å²) in [6, 6.07) is 6.01. The maximum atomic E-state index is 10.6. The average Bonchev–Trinajstić information content (AvgIpc) is 3.26. The van der Waals surface area contributed by atoms with Crippen molar-refractivity contribution >= 4 is 51.4 Å². The van der Waals surface area contributed by atoms with Gasteiger partial charge in [0.05, 0.1) is 0 Å². The van der Waals surface area contributed by atoms with Crippen LogP contribution in [0.25, 0.3) is 22.1 Å². The van der Waals surface area contributed by atoms with Gasteiger partial charge in [-0.15, -0.1) is 0 Å². The highest BCUT2D eigenvalue weighted by Gasteiger charge is 2.38. The minimum absolute atomic E-state index is 0.253. The average molecular weight is 446 g/mol. The first-order valence-corrected chi connectivity index (χ1v) is 9.22. The van der Waals surface area contributed by atoms with E-state index in [0.29, 0.717) is 16.6 Å². The molecule has 30 heavy (non-hydrogen) atoms. The van der Waals surface area contributed by atoms with E-state index in [9.17, 15) is 13.2 Å². The van der Waals surface area contributed by atoms with Gasteiger partial charge in [-0.3, -0.25) is 0 Å². The third-order valence-electron chi connectivity index (χ3n) is 4.71. The number of nitrogens with two attached hydrogens (primary N) is 1. The normalized spacial score (nSPS) is 16.9. The van der Waals surface area contributed by atoms with E-state index in [1.165, 1.54) is 0 Å².